The average Bonchev–Trinajstić information content (AvgIpc) is 3.12. The van der Waals surface area contributed by atoms with Crippen LogP contribution in [-0.4, -0.2) is 31.1 Å². The van der Waals surface area contributed by atoms with Gasteiger partial charge in [0.2, 0.25) is 0 Å². The summed E-state index contributed by atoms with van der Waals surface area (Å²) in [5.74, 6) is -2.27. The third-order valence-electron chi connectivity index (χ3n) is 3.85. The first-order valence-electron chi connectivity index (χ1n) is 6.99. The fraction of sp³-hybridized carbons (Fsp3) is 0.571. The van der Waals surface area contributed by atoms with E-state index in [0.29, 0.717) is 0 Å². The highest BCUT2D eigenvalue weighted by Crippen LogP contribution is 2.42. The van der Waals surface area contributed by atoms with Gasteiger partial charge in [-0.2, -0.15) is 13.2 Å². The third kappa shape index (κ3) is 4.22. The summed E-state index contributed by atoms with van der Waals surface area (Å²) in [4.78, 5) is 24.1. The summed E-state index contributed by atoms with van der Waals surface area (Å²) in [5.41, 5.74) is -0.200. The molecule has 2 N–H and O–H groups in total. The molecule has 0 unspecified atom stereocenters. The van der Waals surface area contributed by atoms with Crippen molar-refractivity contribution in [3.63, 3.8) is 0 Å². The molecule has 2 amide bonds. The van der Waals surface area contributed by atoms with Gasteiger partial charge in [-0.3, -0.25) is 9.59 Å². The monoisotopic (exact) mass is 334 g/mol. The van der Waals surface area contributed by atoms with Crippen molar-refractivity contribution in [1.29, 1.82) is 0 Å². The molecule has 8 heteroatoms. The highest BCUT2D eigenvalue weighted by Gasteiger charge is 2.37. The molecule has 1 aliphatic carbocycles. The molecule has 0 aliphatic heterocycles. The molecule has 1 aliphatic rings. The van der Waals surface area contributed by atoms with E-state index in [-0.39, 0.29) is 12.0 Å². The smallest absolute Gasteiger partial charge is 0.347 e. The van der Waals surface area contributed by atoms with Crippen molar-refractivity contribution < 1.29 is 22.8 Å². The lowest BCUT2D eigenvalue weighted by Crippen LogP contribution is -2.47. The van der Waals surface area contributed by atoms with Crippen LogP contribution in [0.3, 0.4) is 0 Å². The Kier molecular flexibility index (Phi) is 5.10. The Morgan fingerprint density at radius 1 is 1.18 bits per heavy atom. The second-order valence-electron chi connectivity index (χ2n) is 5.45. The number of halogens is 3. The van der Waals surface area contributed by atoms with E-state index >= 15 is 0 Å². The lowest BCUT2D eigenvalue weighted by molar-refractivity contribution is -0.146. The first-order chi connectivity index (χ1) is 10.3. The number of hydrogen-bond donors (Lipinski definition) is 2. The molecule has 22 heavy (non-hydrogen) atoms. The van der Waals surface area contributed by atoms with Gasteiger partial charge in [0.15, 0.2) is 0 Å². The highest BCUT2D eigenvalue weighted by atomic mass is 32.1. The van der Waals surface area contributed by atoms with Gasteiger partial charge in [0.05, 0.1) is 0 Å². The number of carbonyl (C=O) groups excluding carboxylic acids is 2. The molecule has 4 nitrogen and oxygen atoms in total. The lowest BCUT2D eigenvalue weighted by atomic mass is 9.84. The van der Waals surface area contributed by atoms with Crippen LogP contribution >= 0.6 is 11.3 Å². The van der Waals surface area contributed by atoms with Crippen molar-refractivity contribution >= 4 is 23.2 Å². The molecule has 2 rings (SSSR count). The molecule has 0 radical (unpaired) electrons. The molecular formula is C14H17F3N2O2S. The minimum Gasteiger partial charge on any atom is -0.347 e. The van der Waals surface area contributed by atoms with E-state index in [1.165, 1.54) is 0 Å². The molecule has 1 aromatic rings. The molecule has 122 valence electrons. The first kappa shape index (κ1) is 16.8. The average molecular weight is 334 g/mol. The van der Waals surface area contributed by atoms with Gasteiger partial charge in [-0.05, 0) is 24.3 Å². The van der Waals surface area contributed by atoms with E-state index in [1.807, 2.05) is 17.5 Å². The quantitative estimate of drug-likeness (QED) is 0.831. The second-order valence-corrected chi connectivity index (χ2v) is 6.39. The van der Waals surface area contributed by atoms with Crippen LogP contribution in [-0.2, 0) is 15.0 Å². The zero-order valence-corrected chi connectivity index (χ0v) is 12.6. The van der Waals surface area contributed by atoms with Crippen LogP contribution in [0.2, 0.25) is 0 Å². The Morgan fingerprint density at radius 3 is 2.36 bits per heavy atom. The number of amides is 2. The number of hydrogen-bond acceptors (Lipinski definition) is 3. The molecule has 1 fully saturated rings. The van der Waals surface area contributed by atoms with Gasteiger partial charge in [0.25, 0.3) is 0 Å². The summed E-state index contributed by atoms with van der Waals surface area (Å²) >= 11 is 1.59. The highest BCUT2D eigenvalue weighted by molar-refractivity contribution is 7.10. The fourth-order valence-electron chi connectivity index (χ4n) is 2.73. The van der Waals surface area contributed by atoms with Gasteiger partial charge in [0, 0.05) is 16.8 Å². The molecule has 0 bridgehead atoms. The number of thiophene rings is 1. The van der Waals surface area contributed by atoms with E-state index in [2.05, 4.69) is 5.32 Å². The molecule has 1 heterocycles. The summed E-state index contributed by atoms with van der Waals surface area (Å²) in [5, 5.41) is 6.00. The lowest BCUT2D eigenvalue weighted by Gasteiger charge is -2.28. The van der Waals surface area contributed by atoms with Crippen molar-refractivity contribution in [1.82, 2.24) is 10.6 Å². The van der Waals surface area contributed by atoms with E-state index in [1.54, 1.807) is 16.7 Å². The number of rotatable bonds is 4. The molecular weight excluding hydrogens is 317 g/mol. The van der Waals surface area contributed by atoms with Crippen molar-refractivity contribution in [2.45, 2.75) is 37.3 Å². The van der Waals surface area contributed by atoms with E-state index in [9.17, 15) is 22.8 Å². The molecule has 0 aromatic carbocycles. The summed E-state index contributed by atoms with van der Waals surface area (Å²) in [7, 11) is 0. The van der Waals surface area contributed by atoms with Crippen molar-refractivity contribution in [2.75, 3.05) is 13.1 Å². The largest absolute Gasteiger partial charge is 0.405 e. The van der Waals surface area contributed by atoms with Gasteiger partial charge in [-0.1, -0.05) is 18.9 Å². The second kappa shape index (κ2) is 6.68. The van der Waals surface area contributed by atoms with Gasteiger partial charge >= 0.3 is 18.0 Å². The molecule has 0 saturated heterocycles. The summed E-state index contributed by atoms with van der Waals surface area (Å²) in [6, 6.07) is 3.92. The number of alkyl halides is 3. The van der Waals surface area contributed by atoms with E-state index in [4.69, 9.17) is 0 Å². The van der Waals surface area contributed by atoms with Crippen molar-refractivity contribution in [3.8, 4) is 0 Å². The number of nitrogens with one attached hydrogen (secondary N) is 2. The van der Waals surface area contributed by atoms with E-state index in [0.717, 1.165) is 30.6 Å². The molecule has 1 aromatic heterocycles. The van der Waals surface area contributed by atoms with Gasteiger partial charge in [-0.25, -0.2) is 0 Å². The summed E-state index contributed by atoms with van der Waals surface area (Å²) in [6.45, 7) is -1.24. The Bertz CT molecular complexity index is 523. The first-order valence-corrected chi connectivity index (χ1v) is 7.87. The van der Waals surface area contributed by atoms with Gasteiger partial charge in [-0.15, -0.1) is 11.3 Å². The maximum absolute atomic E-state index is 12.0. The van der Waals surface area contributed by atoms with Crippen LogP contribution in [0, 0.1) is 0 Å². The molecule has 1 saturated carbocycles. The normalized spacial score (nSPS) is 17.2. The zero-order chi connectivity index (χ0) is 16.2. The molecule has 0 atom stereocenters. The number of carbonyl (C=O) groups is 2. The maximum Gasteiger partial charge on any atom is 0.405 e. The van der Waals surface area contributed by atoms with Crippen LogP contribution in [0.4, 0.5) is 13.2 Å². The summed E-state index contributed by atoms with van der Waals surface area (Å²) in [6.07, 6.45) is -0.655. The minimum atomic E-state index is -4.53. The van der Waals surface area contributed by atoms with Crippen molar-refractivity contribution in [2.24, 2.45) is 0 Å². The summed E-state index contributed by atoms with van der Waals surface area (Å²) < 4.78 is 36.0. The van der Waals surface area contributed by atoms with Crippen LogP contribution < -0.4 is 10.6 Å². The zero-order valence-electron chi connectivity index (χ0n) is 11.8. The van der Waals surface area contributed by atoms with Gasteiger partial charge in [0.1, 0.15) is 6.54 Å². The third-order valence-corrected chi connectivity index (χ3v) is 4.96. The SMILES string of the molecule is O=C(NCC(F)(F)F)C(=O)NCC1(c2cccs2)CCCC1. The topological polar surface area (TPSA) is 58.2 Å². The standard InChI is InChI=1S/C14H17F3N2O2S/c15-14(16,17)9-19-12(21)11(20)18-8-13(5-1-2-6-13)10-4-3-7-22-10/h3-4,7H,1-2,5-6,8-9H2,(H,18,20)(H,19,21). The van der Waals surface area contributed by atoms with Gasteiger partial charge < -0.3 is 10.6 Å². The maximum atomic E-state index is 12.0. The Labute approximate surface area is 130 Å². The Balaban J connectivity index is 1.90. The Hall–Kier alpha value is -1.57. The predicted molar refractivity (Wildman–Crippen MR) is 76.5 cm³/mol. The van der Waals surface area contributed by atoms with Crippen LogP contribution in [0.5, 0.6) is 0 Å². The van der Waals surface area contributed by atoms with Crippen molar-refractivity contribution in [3.05, 3.63) is 22.4 Å². The fourth-order valence-corrected chi connectivity index (χ4v) is 3.72. The van der Waals surface area contributed by atoms with Crippen LogP contribution in [0.15, 0.2) is 17.5 Å². The van der Waals surface area contributed by atoms with Crippen LogP contribution in [0.25, 0.3) is 0 Å². The predicted octanol–water partition coefficient (Wildman–Crippen LogP) is 2.35. The minimum absolute atomic E-state index is 0.200. The Morgan fingerprint density at radius 2 is 1.82 bits per heavy atom. The molecule has 0 spiro atoms. The van der Waals surface area contributed by atoms with E-state index < -0.39 is 24.5 Å². The van der Waals surface area contributed by atoms with Crippen LogP contribution in [0.1, 0.15) is 30.6 Å².